The lowest BCUT2D eigenvalue weighted by Gasteiger charge is -2.32. The normalized spacial score (nSPS) is 18.2. The van der Waals surface area contributed by atoms with E-state index in [1.54, 1.807) is 12.1 Å². The highest BCUT2D eigenvalue weighted by atomic mass is 19.1. The summed E-state index contributed by atoms with van der Waals surface area (Å²) in [7, 11) is 0. The number of carbonyl (C=O) groups excluding carboxylic acids is 2. The molecule has 5 nitrogen and oxygen atoms in total. The summed E-state index contributed by atoms with van der Waals surface area (Å²) in [4.78, 5) is 27.7. The standard InChI is InChI=1S/C23H26FN3O2/c1-16-10-14-27(15-11-16)18-8-6-17(7-9-18)25-21(28)23(12-13-23)22(29)26-20-5-3-2-4-19(20)24/h2-9,16H,10-15H2,1H3,(H,25,28)(H,26,29). The van der Waals surface area contributed by atoms with Gasteiger partial charge in [0, 0.05) is 24.5 Å². The number of nitrogens with one attached hydrogen (secondary N) is 2. The van der Waals surface area contributed by atoms with Gasteiger partial charge in [0.05, 0.1) is 5.69 Å². The van der Waals surface area contributed by atoms with E-state index in [0.29, 0.717) is 18.5 Å². The molecule has 0 aromatic heterocycles. The van der Waals surface area contributed by atoms with Gasteiger partial charge < -0.3 is 15.5 Å². The molecule has 2 aromatic rings. The first-order valence-corrected chi connectivity index (χ1v) is 10.2. The van der Waals surface area contributed by atoms with Crippen LogP contribution in [0.15, 0.2) is 48.5 Å². The van der Waals surface area contributed by atoms with Gasteiger partial charge in [0.25, 0.3) is 0 Å². The van der Waals surface area contributed by atoms with Crippen LogP contribution in [0.2, 0.25) is 0 Å². The number of amides is 2. The summed E-state index contributed by atoms with van der Waals surface area (Å²) in [6.07, 6.45) is 3.31. The van der Waals surface area contributed by atoms with Gasteiger partial charge in [-0.1, -0.05) is 19.1 Å². The van der Waals surface area contributed by atoms with E-state index >= 15 is 0 Å². The highest BCUT2D eigenvalue weighted by Gasteiger charge is 2.56. The van der Waals surface area contributed by atoms with Crippen molar-refractivity contribution in [1.29, 1.82) is 0 Å². The fraction of sp³-hybridized carbons (Fsp3) is 0.391. The Hall–Kier alpha value is -2.89. The maximum Gasteiger partial charge on any atom is 0.240 e. The Balaban J connectivity index is 1.38. The van der Waals surface area contributed by atoms with Gasteiger partial charge in [-0.3, -0.25) is 9.59 Å². The van der Waals surface area contributed by atoms with E-state index in [0.717, 1.165) is 24.7 Å². The van der Waals surface area contributed by atoms with Gasteiger partial charge in [-0.2, -0.15) is 0 Å². The number of hydrogen-bond donors (Lipinski definition) is 2. The Kier molecular flexibility index (Phi) is 5.26. The summed E-state index contributed by atoms with van der Waals surface area (Å²) < 4.78 is 13.8. The Morgan fingerprint density at radius 2 is 1.59 bits per heavy atom. The molecule has 0 bridgehead atoms. The minimum Gasteiger partial charge on any atom is -0.372 e. The van der Waals surface area contributed by atoms with Crippen molar-refractivity contribution in [3.05, 3.63) is 54.3 Å². The fourth-order valence-corrected chi connectivity index (χ4v) is 3.76. The summed E-state index contributed by atoms with van der Waals surface area (Å²) in [5.41, 5.74) is 0.781. The highest BCUT2D eigenvalue weighted by Crippen LogP contribution is 2.47. The van der Waals surface area contributed by atoms with Crippen molar-refractivity contribution in [1.82, 2.24) is 0 Å². The van der Waals surface area contributed by atoms with Crippen molar-refractivity contribution in [3.63, 3.8) is 0 Å². The van der Waals surface area contributed by atoms with Crippen molar-refractivity contribution >= 4 is 28.9 Å². The van der Waals surface area contributed by atoms with E-state index in [-0.39, 0.29) is 11.6 Å². The van der Waals surface area contributed by atoms with Crippen molar-refractivity contribution in [2.75, 3.05) is 28.6 Å². The molecule has 2 aliphatic rings. The summed E-state index contributed by atoms with van der Waals surface area (Å²) in [6.45, 7) is 4.38. The number of piperidine rings is 1. The third kappa shape index (κ3) is 4.11. The van der Waals surface area contributed by atoms with Crippen LogP contribution in [0.1, 0.15) is 32.6 Å². The first kappa shape index (κ1) is 19.4. The second-order valence-corrected chi connectivity index (χ2v) is 8.19. The second-order valence-electron chi connectivity index (χ2n) is 8.19. The van der Waals surface area contributed by atoms with E-state index in [9.17, 15) is 14.0 Å². The highest BCUT2D eigenvalue weighted by molar-refractivity contribution is 6.16. The van der Waals surface area contributed by atoms with Gasteiger partial charge >= 0.3 is 0 Å². The lowest BCUT2D eigenvalue weighted by atomic mass is 9.99. The van der Waals surface area contributed by atoms with E-state index in [1.165, 1.54) is 25.0 Å². The third-order valence-corrected chi connectivity index (χ3v) is 6.02. The molecule has 2 N–H and O–H groups in total. The molecular weight excluding hydrogens is 369 g/mol. The second kappa shape index (κ2) is 7.85. The van der Waals surface area contributed by atoms with Crippen molar-refractivity contribution in [3.8, 4) is 0 Å². The predicted octanol–water partition coefficient (Wildman–Crippen LogP) is 4.42. The van der Waals surface area contributed by atoms with Crippen LogP contribution >= 0.6 is 0 Å². The molecule has 2 aromatic carbocycles. The van der Waals surface area contributed by atoms with Crippen molar-refractivity contribution in [2.24, 2.45) is 11.3 Å². The number of anilines is 3. The zero-order chi connectivity index (χ0) is 20.4. The average molecular weight is 395 g/mol. The molecular formula is C23H26FN3O2. The van der Waals surface area contributed by atoms with Gasteiger partial charge in [0.2, 0.25) is 11.8 Å². The molecule has 0 radical (unpaired) electrons. The van der Waals surface area contributed by atoms with Crippen LogP contribution in [-0.4, -0.2) is 24.9 Å². The molecule has 1 aliphatic carbocycles. The zero-order valence-electron chi connectivity index (χ0n) is 16.6. The first-order valence-electron chi connectivity index (χ1n) is 10.2. The topological polar surface area (TPSA) is 61.4 Å². The maximum absolute atomic E-state index is 13.8. The number of para-hydroxylation sites is 1. The largest absolute Gasteiger partial charge is 0.372 e. The average Bonchev–Trinajstić information content (AvgIpc) is 3.53. The predicted molar refractivity (Wildman–Crippen MR) is 112 cm³/mol. The Labute approximate surface area is 170 Å². The maximum atomic E-state index is 13.8. The molecule has 1 heterocycles. The monoisotopic (exact) mass is 395 g/mol. The molecule has 6 heteroatoms. The summed E-state index contributed by atoms with van der Waals surface area (Å²) in [5, 5.41) is 5.41. The van der Waals surface area contributed by atoms with Gasteiger partial charge in [0.15, 0.2) is 0 Å². The van der Waals surface area contributed by atoms with E-state index in [4.69, 9.17) is 0 Å². The molecule has 1 aliphatic heterocycles. The van der Waals surface area contributed by atoms with Gasteiger partial charge in [-0.25, -0.2) is 4.39 Å². The molecule has 4 rings (SSSR count). The van der Waals surface area contributed by atoms with Crippen LogP contribution in [0, 0.1) is 17.2 Å². The van der Waals surface area contributed by atoms with Gasteiger partial charge in [0.1, 0.15) is 11.2 Å². The quantitative estimate of drug-likeness (QED) is 0.737. The van der Waals surface area contributed by atoms with Crippen LogP contribution in [0.5, 0.6) is 0 Å². The summed E-state index contributed by atoms with van der Waals surface area (Å²) >= 11 is 0. The van der Waals surface area contributed by atoms with Crippen LogP contribution in [0.25, 0.3) is 0 Å². The lowest BCUT2D eigenvalue weighted by Crippen LogP contribution is -2.36. The number of carbonyl (C=O) groups is 2. The number of nitrogens with zero attached hydrogens (tertiary/aromatic N) is 1. The molecule has 2 fully saturated rings. The number of benzene rings is 2. The van der Waals surface area contributed by atoms with Crippen molar-refractivity contribution < 1.29 is 14.0 Å². The fourth-order valence-electron chi connectivity index (χ4n) is 3.76. The van der Waals surface area contributed by atoms with Crippen molar-refractivity contribution in [2.45, 2.75) is 32.6 Å². The van der Waals surface area contributed by atoms with Gasteiger partial charge in [-0.05, 0) is 68.0 Å². The minimum absolute atomic E-state index is 0.0942. The smallest absolute Gasteiger partial charge is 0.240 e. The van der Waals surface area contributed by atoms with E-state index in [2.05, 4.69) is 22.5 Å². The van der Waals surface area contributed by atoms with Gasteiger partial charge in [-0.15, -0.1) is 0 Å². The Morgan fingerprint density at radius 1 is 0.966 bits per heavy atom. The molecule has 2 amide bonds. The van der Waals surface area contributed by atoms with Crippen LogP contribution in [-0.2, 0) is 9.59 Å². The zero-order valence-corrected chi connectivity index (χ0v) is 16.6. The lowest BCUT2D eigenvalue weighted by molar-refractivity contribution is -0.131. The van der Waals surface area contributed by atoms with E-state index < -0.39 is 17.1 Å². The first-order chi connectivity index (χ1) is 14.0. The number of halogens is 1. The number of rotatable bonds is 5. The number of hydrogen-bond acceptors (Lipinski definition) is 3. The Bertz CT molecular complexity index is 901. The minimum atomic E-state index is -1.12. The molecule has 1 saturated carbocycles. The molecule has 0 unspecified atom stereocenters. The molecule has 152 valence electrons. The Morgan fingerprint density at radius 3 is 2.21 bits per heavy atom. The SMILES string of the molecule is CC1CCN(c2ccc(NC(=O)C3(C(=O)Nc4ccccc4F)CC3)cc2)CC1. The molecule has 0 spiro atoms. The summed E-state index contributed by atoms with van der Waals surface area (Å²) in [5.74, 6) is -0.542. The van der Waals surface area contributed by atoms with Crippen LogP contribution in [0.4, 0.5) is 21.5 Å². The summed E-state index contributed by atoms with van der Waals surface area (Å²) in [6, 6.07) is 13.7. The van der Waals surface area contributed by atoms with Crippen LogP contribution < -0.4 is 15.5 Å². The van der Waals surface area contributed by atoms with E-state index in [1.807, 2.05) is 24.3 Å². The molecule has 0 atom stereocenters. The molecule has 29 heavy (non-hydrogen) atoms. The third-order valence-electron chi connectivity index (χ3n) is 6.02. The van der Waals surface area contributed by atoms with Crippen LogP contribution in [0.3, 0.4) is 0 Å². The molecule has 1 saturated heterocycles.